The number of rotatable bonds is 25. The summed E-state index contributed by atoms with van der Waals surface area (Å²) in [7, 11) is 6.68. The summed E-state index contributed by atoms with van der Waals surface area (Å²) in [6.07, 6.45) is 1.64. The lowest BCUT2D eigenvalue weighted by Gasteiger charge is -2.41. The van der Waals surface area contributed by atoms with E-state index in [1.165, 1.54) is 7.11 Å². The van der Waals surface area contributed by atoms with Crippen molar-refractivity contribution in [1.29, 1.82) is 0 Å². The monoisotopic (exact) mass is 802 g/mol. The molecule has 1 aromatic carbocycles. The number of hydrogen-bond acceptors (Lipinski definition) is 9. The summed E-state index contributed by atoms with van der Waals surface area (Å²) in [4.78, 5) is 73.7. The van der Waals surface area contributed by atoms with Gasteiger partial charge in [0.15, 0.2) is 0 Å². The Morgan fingerprint density at radius 3 is 2.07 bits per heavy atom. The summed E-state index contributed by atoms with van der Waals surface area (Å²) in [6.45, 7) is 16.6. The Morgan fingerprint density at radius 2 is 1.56 bits per heavy atom. The average Bonchev–Trinajstić information content (AvgIpc) is 3.65. The molecule has 57 heavy (non-hydrogen) atoms. The van der Waals surface area contributed by atoms with E-state index in [2.05, 4.69) is 5.32 Å². The van der Waals surface area contributed by atoms with Gasteiger partial charge in [-0.25, -0.2) is 0 Å². The van der Waals surface area contributed by atoms with E-state index in [1.54, 1.807) is 30.9 Å². The molecule has 2 rings (SSSR count). The molecule has 0 aliphatic carbocycles. The van der Waals surface area contributed by atoms with Gasteiger partial charge in [0.05, 0.1) is 42.7 Å². The van der Waals surface area contributed by atoms with E-state index in [-0.39, 0.29) is 66.6 Å². The van der Waals surface area contributed by atoms with Crippen LogP contribution in [0.1, 0.15) is 99.5 Å². The molecule has 1 saturated heterocycles. The molecular weight excluding hydrogens is 727 g/mol. The van der Waals surface area contributed by atoms with Gasteiger partial charge in [-0.2, -0.15) is 0 Å². The van der Waals surface area contributed by atoms with Crippen molar-refractivity contribution >= 4 is 29.5 Å². The molecule has 4 N–H and O–H groups in total. The van der Waals surface area contributed by atoms with Crippen molar-refractivity contribution < 1.29 is 38.6 Å². The largest absolute Gasteiger partial charge is 0.481 e. The third-order valence-electron chi connectivity index (χ3n) is 12.1. The number of carbonyl (C=O) groups excluding carboxylic acids is 4. The maximum atomic E-state index is 14.4. The highest BCUT2D eigenvalue weighted by Gasteiger charge is 2.43. The van der Waals surface area contributed by atoms with Gasteiger partial charge >= 0.3 is 5.97 Å². The number of likely N-dealkylation sites (tertiary alicyclic amines) is 1. The predicted molar refractivity (Wildman–Crippen MR) is 223 cm³/mol. The number of ketones is 1. The molecule has 0 unspecified atom stereocenters. The molecule has 0 aromatic heterocycles. The Labute approximate surface area is 342 Å². The van der Waals surface area contributed by atoms with E-state index in [4.69, 9.17) is 15.2 Å². The standard InChI is InChI=1S/C44H75N5O8/c1-13-29(7)40(48(10)43(53)38(27(3)4)46-42(52)39(28(5)6)47(9)26-33(45)14-2)36(56-11)25-37(51)49-22-18-21-34(49)41(57-12)30(8)35(50)24-32(44(54)55)23-31-19-16-15-17-20-31/h15-17,19-20,27-30,32-34,36,38-41H,13-14,18,21-26,45H2,1-12H3,(H,46,52)(H,54,55)/t29-,30-,32+,33-,34-,36+,38-,39-,40-,41+/m0/s1. The Hall–Kier alpha value is -3.39. The van der Waals surface area contributed by atoms with Gasteiger partial charge in [0.1, 0.15) is 11.8 Å². The minimum Gasteiger partial charge on any atom is -0.481 e. The van der Waals surface area contributed by atoms with Crippen LogP contribution in [0.15, 0.2) is 30.3 Å². The minimum absolute atomic E-state index is 0.00679. The normalized spacial score (nSPS) is 19.4. The molecule has 13 nitrogen and oxygen atoms in total. The van der Waals surface area contributed by atoms with Gasteiger partial charge in [-0.15, -0.1) is 0 Å². The van der Waals surface area contributed by atoms with Gasteiger partial charge in [-0.3, -0.25) is 28.9 Å². The van der Waals surface area contributed by atoms with Crippen LogP contribution >= 0.6 is 0 Å². The zero-order valence-electron chi connectivity index (χ0n) is 36.9. The molecule has 0 spiro atoms. The van der Waals surface area contributed by atoms with Crippen LogP contribution in [0.25, 0.3) is 0 Å². The number of carboxylic acid groups (broad SMARTS) is 1. The Balaban J connectivity index is 2.28. The first-order valence-corrected chi connectivity index (χ1v) is 21.0. The first-order chi connectivity index (χ1) is 26.8. The van der Waals surface area contributed by atoms with Crippen LogP contribution in [0.2, 0.25) is 0 Å². The summed E-state index contributed by atoms with van der Waals surface area (Å²) in [6, 6.07) is 7.01. The third-order valence-corrected chi connectivity index (χ3v) is 12.1. The number of ether oxygens (including phenoxy) is 2. The van der Waals surface area contributed by atoms with E-state index in [0.29, 0.717) is 25.9 Å². The number of carbonyl (C=O) groups is 5. The number of nitrogens with zero attached hydrogens (tertiary/aromatic N) is 3. The van der Waals surface area contributed by atoms with Crippen LogP contribution in [-0.2, 0) is 39.9 Å². The smallest absolute Gasteiger partial charge is 0.307 e. The SMILES string of the molecule is CC[C@H](N)CN(C)[C@H](C(=O)N[C@H](C(=O)N(C)[C@@H]([C@@H](C)CC)[C@@H](CC(=O)N1CCC[C@H]1[C@H](OC)[C@@H](C)C(=O)C[C@@H](Cc1ccccc1)C(=O)O)OC)C(C)C)C(C)C. The van der Waals surface area contributed by atoms with E-state index in [9.17, 15) is 29.1 Å². The van der Waals surface area contributed by atoms with Crippen molar-refractivity contribution in [3.05, 3.63) is 35.9 Å². The minimum atomic E-state index is -1.03. The number of aliphatic carboxylic acids is 1. The number of nitrogens with two attached hydrogens (primary N) is 1. The zero-order chi connectivity index (χ0) is 43.1. The van der Waals surface area contributed by atoms with Crippen molar-refractivity contribution in [2.45, 2.75) is 143 Å². The highest BCUT2D eigenvalue weighted by molar-refractivity contribution is 5.90. The van der Waals surface area contributed by atoms with E-state index in [1.807, 2.05) is 90.7 Å². The number of benzene rings is 1. The first kappa shape index (κ1) is 49.8. The molecule has 1 aliphatic heterocycles. The summed E-state index contributed by atoms with van der Waals surface area (Å²) in [5, 5.41) is 13.0. The molecule has 0 bridgehead atoms. The van der Waals surface area contributed by atoms with Crippen molar-refractivity contribution in [1.82, 2.24) is 20.0 Å². The van der Waals surface area contributed by atoms with Crippen LogP contribution in [0.4, 0.5) is 0 Å². The topological polar surface area (TPSA) is 172 Å². The maximum Gasteiger partial charge on any atom is 0.307 e. The molecule has 10 atom stereocenters. The molecular formula is C44H75N5O8. The van der Waals surface area contributed by atoms with Crippen LogP contribution in [0, 0.1) is 29.6 Å². The quantitative estimate of drug-likeness (QED) is 0.127. The Kier molecular flexibility index (Phi) is 20.8. The third kappa shape index (κ3) is 13.9. The molecule has 1 aromatic rings. The second-order valence-corrected chi connectivity index (χ2v) is 17.0. The number of likely N-dealkylation sites (N-methyl/N-ethyl adjacent to an activating group) is 2. The van der Waals surface area contributed by atoms with Gasteiger partial charge in [-0.1, -0.05) is 92.1 Å². The van der Waals surface area contributed by atoms with Crippen molar-refractivity contribution in [2.75, 3.05) is 41.4 Å². The summed E-state index contributed by atoms with van der Waals surface area (Å²) < 4.78 is 12.0. The highest BCUT2D eigenvalue weighted by Crippen LogP contribution is 2.31. The highest BCUT2D eigenvalue weighted by atomic mass is 16.5. The number of nitrogens with one attached hydrogen (secondary N) is 1. The van der Waals surface area contributed by atoms with Gasteiger partial charge < -0.3 is 35.4 Å². The van der Waals surface area contributed by atoms with E-state index in [0.717, 1.165) is 18.4 Å². The lowest BCUT2D eigenvalue weighted by molar-refractivity contribution is -0.148. The maximum absolute atomic E-state index is 14.4. The molecule has 1 fully saturated rings. The number of methoxy groups -OCH3 is 2. The fourth-order valence-corrected chi connectivity index (χ4v) is 8.51. The van der Waals surface area contributed by atoms with Gasteiger partial charge in [-0.05, 0) is 56.0 Å². The molecule has 0 saturated carbocycles. The molecule has 0 radical (unpaired) electrons. The number of amides is 3. The van der Waals surface area contributed by atoms with Crippen LogP contribution in [0.5, 0.6) is 0 Å². The van der Waals surface area contributed by atoms with Crippen LogP contribution < -0.4 is 11.1 Å². The van der Waals surface area contributed by atoms with Gasteiger partial charge in [0.25, 0.3) is 0 Å². The molecule has 324 valence electrons. The van der Waals surface area contributed by atoms with Crippen molar-refractivity contribution in [3.63, 3.8) is 0 Å². The van der Waals surface area contributed by atoms with E-state index >= 15 is 0 Å². The Bertz CT molecular complexity index is 1430. The molecule has 13 heteroatoms. The molecule has 1 heterocycles. The lowest BCUT2D eigenvalue weighted by Crippen LogP contribution is -2.60. The first-order valence-electron chi connectivity index (χ1n) is 21.0. The average molecular weight is 802 g/mol. The lowest BCUT2D eigenvalue weighted by atomic mass is 9.85. The number of Topliss-reactive ketones (excluding diaryl/α,β-unsaturated/α-hetero) is 1. The molecule has 3 amide bonds. The van der Waals surface area contributed by atoms with Gasteiger partial charge in [0, 0.05) is 52.7 Å². The number of carboxylic acids is 1. The Morgan fingerprint density at radius 1 is 0.930 bits per heavy atom. The summed E-state index contributed by atoms with van der Waals surface area (Å²) in [5.74, 6) is -3.74. The zero-order valence-corrected chi connectivity index (χ0v) is 36.9. The summed E-state index contributed by atoms with van der Waals surface area (Å²) in [5.41, 5.74) is 7.07. The van der Waals surface area contributed by atoms with Gasteiger partial charge in [0.2, 0.25) is 17.7 Å². The molecule has 1 aliphatic rings. The summed E-state index contributed by atoms with van der Waals surface area (Å²) >= 11 is 0. The fraction of sp³-hybridized carbons (Fsp3) is 0.750. The second kappa shape index (κ2) is 23.9. The number of hydrogen-bond donors (Lipinski definition) is 3. The van der Waals surface area contributed by atoms with Crippen molar-refractivity contribution in [3.8, 4) is 0 Å². The van der Waals surface area contributed by atoms with Crippen LogP contribution in [-0.4, -0.2) is 133 Å². The second-order valence-electron chi connectivity index (χ2n) is 17.0. The predicted octanol–water partition coefficient (Wildman–Crippen LogP) is 4.64. The van der Waals surface area contributed by atoms with Crippen molar-refractivity contribution in [2.24, 2.45) is 35.3 Å². The van der Waals surface area contributed by atoms with Crippen LogP contribution in [0.3, 0.4) is 0 Å². The fourth-order valence-electron chi connectivity index (χ4n) is 8.51. The van der Waals surface area contributed by atoms with E-state index < -0.39 is 54.2 Å².